The molecule has 1 N–H and O–H groups in total. The molecule has 82 valence electrons. The van der Waals surface area contributed by atoms with Crippen molar-refractivity contribution in [1.29, 1.82) is 0 Å². The van der Waals surface area contributed by atoms with Gasteiger partial charge in [0, 0.05) is 32.7 Å². The van der Waals surface area contributed by atoms with Gasteiger partial charge in [-0.2, -0.15) is 11.8 Å². The molecule has 2 aliphatic heterocycles. The first-order valence-corrected chi connectivity index (χ1v) is 6.75. The van der Waals surface area contributed by atoms with Crippen molar-refractivity contribution in [3.63, 3.8) is 0 Å². The topological polar surface area (TPSA) is 18.5 Å². The van der Waals surface area contributed by atoms with E-state index in [4.69, 9.17) is 0 Å². The predicted molar refractivity (Wildman–Crippen MR) is 62.5 cm³/mol. The molecule has 1 atom stereocenters. The molecule has 0 aromatic heterocycles. The molecule has 0 saturated carbocycles. The van der Waals surface area contributed by atoms with Gasteiger partial charge in [-0.1, -0.05) is 0 Å². The van der Waals surface area contributed by atoms with Crippen molar-refractivity contribution in [3.05, 3.63) is 0 Å². The molecule has 2 aliphatic rings. The zero-order chi connectivity index (χ0) is 9.80. The first-order chi connectivity index (χ1) is 6.84. The Hall–Kier alpha value is 0.230. The first kappa shape index (κ1) is 10.7. The summed E-state index contributed by atoms with van der Waals surface area (Å²) >= 11 is 2.10. The number of thioether (sulfide) groups is 1. The van der Waals surface area contributed by atoms with Gasteiger partial charge in [-0.05, 0) is 30.9 Å². The number of likely N-dealkylation sites (N-methyl/N-ethyl adjacent to an activating group) is 1. The predicted octanol–water partition coefficient (Wildman–Crippen LogP) is 0.491. The van der Waals surface area contributed by atoms with Gasteiger partial charge in [0.25, 0.3) is 0 Å². The maximum absolute atomic E-state index is 3.58. The molecule has 3 nitrogen and oxygen atoms in total. The van der Waals surface area contributed by atoms with Crippen LogP contribution in [0.3, 0.4) is 0 Å². The minimum atomic E-state index is 0.916. The van der Waals surface area contributed by atoms with Crippen molar-refractivity contribution in [2.24, 2.45) is 5.92 Å². The Morgan fingerprint density at radius 3 is 2.71 bits per heavy atom. The number of nitrogens with zero attached hydrogens (tertiary/aromatic N) is 2. The van der Waals surface area contributed by atoms with Gasteiger partial charge in [0.1, 0.15) is 0 Å². The van der Waals surface area contributed by atoms with Crippen LogP contribution in [0.5, 0.6) is 0 Å². The van der Waals surface area contributed by atoms with Gasteiger partial charge in [-0.25, -0.2) is 5.01 Å². The van der Waals surface area contributed by atoms with Crippen LogP contribution in [0.1, 0.15) is 6.42 Å². The Bertz CT molecular complexity index is 163. The van der Waals surface area contributed by atoms with E-state index in [1.54, 1.807) is 0 Å². The van der Waals surface area contributed by atoms with E-state index in [0.717, 1.165) is 5.92 Å². The zero-order valence-electron chi connectivity index (χ0n) is 9.04. The fourth-order valence-corrected chi connectivity index (χ4v) is 3.25. The SMILES string of the molecule is CN1CCN(NCC2CCSC2)CC1. The molecule has 0 spiro atoms. The van der Waals surface area contributed by atoms with E-state index in [1.165, 1.54) is 50.7 Å². The highest BCUT2D eigenvalue weighted by Gasteiger charge is 2.18. The van der Waals surface area contributed by atoms with Crippen molar-refractivity contribution < 1.29 is 0 Å². The van der Waals surface area contributed by atoms with E-state index in [9.17, 15) is 0 Å². The van der Waals surface area contributed by atoms with Crippen LogP contribution in [-0.2, 0) is 0 Å². The lowest BCUT2D eigenvalue weighted by Crippen LogP contribution is -2.51. The molecule has 2 rings (SSSR count). The third kappa shape index (κ3) is 3.12. The molecule has 2 heterocycles. The zero-order valence-corrected chi connectivity index (χ0v) is 9.85. The van der Waals surface area contributed by atoms with Gasteiger partial charge in [-0.3, -0.25) is 5.43 Å². The van der Waals surface area contributed by atoms with Crippen LogP contribution >= 0.6 is 11.8 Å². The first-order valence-electron chi connectivity index (χ1n) is 5.59. The summed E-state index contributed by atoms with van der Waals surface area (Å²) in [6.45, 7) is 5.95. The highest BCUT2D eigenvalue weighted by Crippen LogP contribution is 2.22. The number of rotatable bonds is 3. The van der Waals surface area contributed by atoms with Crippen LogP contribution in [-0.4, -0.2) is 61.2 Å². The summed E-state index contributed by atoms with van der Waals surface area (Å²) in [5.74, 6) is 3.65. The number of nitrogens with one attached hydrogen (secondary N) is 1. The van der Waals surface area contributed by atoms with Gasteiger partial charge in [0.15, 0.2) is 0 Å². The molecule has 0 amide bonds. The standard InChI is InChI=1S/C10H21N3S/c1-12-3-5-13(6-4-12)11-8-10-2-7-14-9-10/h10-11H,2-9H2,1H3. The molecule has 1 unspecified atom stereocenters. The fourth-order valence-electron chi connectivity index (χ4n) is 1.97. The Morgan fingerprint density at radius 2 is 2.07 bits per heavy atom. The normalized spacial score (nSPS) is 31.1. The largest absolute Gasteiger partial charge is 0.304 e. The lowest BCUT2D eigenvalue weighted by Gasteiger charge is -2.33. The lowest BCUT2D eigenvalue weighted by molar-refractivity contribution is 0.0993. The van der Waals surface area contributed by atoms with Crippen molar-refractivity contribution in [2.75, 3.05) is 51.3 Å². The van der Waals surface area contributed by atoms with Gasteiger partial charge in [0.2, 0.25) is 0 Å². The molecule has 0 aromatic rings. The molecular weight excluding hydrogens is 194 g/mol. The maximum atomic E-state index is 3.58. The van der Waals surface area contributed by atoms with E-state index in [1.807, 2.05) is 0 Å². The van der Waals surface area contributed by atoms with E-state index in [2.05, 4.69) is 34.1 Å². The van der Waals surface area contributed by atoms with Crippen molar-refractivity contribution >= 4 is 11.8 Å². The minimum Gasteiger partial charge on any atom is -0.304 e. The number of piperazine rings is 1. The summed E-state index contributed by atoms with van der Waals surface area (Å²) < 4.78 is 0. The van der Waals surface area contributed by atoms with Crippen molar-refractivity contribution in [3.8, 4) is 0 Å². The summed E-state index contributed by atoms with van der Waals surface area (Å²) in [4.78, 5) is 2.39. The monoisotopic (exact) mass is 215 g/mol. The van der Waals surface area contributed by atoms with Crippen LogP contribution in [0.25, 0.3) is 0 Å². The lowest BCUT2D eigenvalue weighted by atomic mass is 10.1. The summed E-state index contributed by atoms with van der Waals surface area (Å²) in [6.07, 6.45) is 1.41. The third-order valence-electron chi connectivity index (χ3n) is 3.13. The Labute approximate surface area is 91.2 Å². The van der Waals surface area contributed by atoms with Gasteiger partial charge in [0.05, 0.1) is 0 Å². The summed E-state index contributed by atoms with van der Waals surface area (Å²) in [5, 5.41) is 2.39. The average Bonchev–Trinajstić information content (AvgIpc) is 2.70. The Balaban J connectivity index is 1.60. The second-order valence-electron chi connectivity index (χ2n) is 4.38. The highest BCUT2D eigenvalue weighted by atomic mass is 32.2. The molecule has 0 bridgehead atoms. The fraction of sp³-hybridized carbons (Fsp3) is 1.00. The third-order valence-corrected chi connectivity index (χ3v) is 4.36. The molecule has 0 aromatic carbocycles. The molecule has 2 saturated heterocycles. The van der Waals surface area contributed by atoms with Crippen LogP contribution < -0.4 is 5.43 Å². The number of hydrazine groups is 1. The minimum absolute atomic E-state index is 0.916. The van der Waals surface area contributed by atoms with Gasteiger partial charge >= 0.3 is 0 Å². The number of hydrogen-bond donors (Lipinski definition) is 1. The second kappa shape index (κ2) is 5.35. The average molecular weight is 215 g/mol. The van der Waals surface area contributed by atoms with E-state index in [0.29, 0.717) is 0 Å². The maximum Gasteiger partial charge on any atom is 0.0259 e. The molecule has 2 fully saturated rings. The Kier molecular flexibility index (Phi) is 4.10. The van der Waals surface area contributed by atoms with E-state index < -0.39 is 0 Å². The van der Waals surface area contributed by atoms with E-state index >= 15 is 0 Å². The van der Waals surface area contributed by atoms with Crippen LogP contribution in [0.2, 0.25) is 0 Å². The van der Waals surface area contributed by atoms with Gasteiger partial charge in [-0.15, -0.1) is 0 Å². The smallest absolute Gasteiger partial charge is 0.0259 e. The quantitative estimate of drug-likeness (QED) is 0.738. The highest BCUT2D eigenvalue weighted by molar-refractivity contribution is 7.99. The molecular formula is C10H21N3S. The molecule has 4 heteroatoms. The summed E-state index contributed by atoms with van der Waals surface area (Å²) in [6, 6.07) is 0. The molecule has 0 radical (unpaired) electrons. The van der Waals surface area contributed by atoms with Crippen molar-refractivity contribution in [1.82, 2.24) is 15.3 Å². The van der Waals surface area contributed by atoms with E-state index in [-0.39, 0.29) is 0 Å². The second-order valence-corrected chi connectivity index (χ2v) is 5.53. The summed E-state index contributed by atoms with van der Waals surface area (Å²) in [5.41, 5.74) is 3.58. The van der Waals surface area contributed by atoms with Crippen molar-refractivity contribution in [2.45, 2.75) is 6.42 Å². The molecule has 14 heavy (non-hydrogen) atoms. The van der Waals surface area contributed by atoms with Gasteiger partial charge < -0.3 is 4.90 Å². The molecule has 0 aliphatic carbocycles. The number of hydrogen-bond acceptors (Lipinski definition) is 4. The van der Waals surface area contributed by atoms with Crippen LogP contribution in [0, 0.1) is 5.92 Å². The Morgan fingerprint density at radius 1 is 1.29 bits per heavy atom. The van der Waals surface area contributed by atoms with Crippen LogP contribution in [0.4, 0.5) is 0 Å². The summed E-state index contributed by atoms with van der Waals surface area (Å²) in [7, 11) is 2.20. The van der Waals surface area contributed by atoms with Crippen LogP contribution in [0.15, 0.2) is 0 Å².